The lowest BCUT2D eigenvalue weighted by Gasteiger charge is -2.14. The lowest BCUT2D eigenvalue weighted by atomic mass is 10.0. The second-order valence-electron chi connectivity index (χ2n) is 6.53. The van der Waals surface area contributed by atoms with Crippen LogP contribution >= 0.6 is 0 Å². The fourth-order valence-electron chi connectivity index (χ4n) is 3.09. The van der Waals surface area contributed by atoms with Crippen molar-refractivity contribution in [2.45, 2.75) is 6.54 Å². The van der Waals surface area contributed by atoms with Crippen LogP contribution in [0.25, 0.3) is 5.57 Å². The van der Waals surface area contributed by atoms with E-state index in [-0.39, 0.29) is 23.5 Å². The number of nitrogens with zero attached hydrogens (tertiary/aromatic N) is 2. The Morgan fingerprint density at radius 1 is 0.867 bits per heavy atom. The molecule has 2 heterocycles. The average molecular weight is 409 g/mol. The molecule has 8 heteroatoms. The molecule has 2 amide bonds. The summed E-state index contributed by atoms with van der Waals surface area (Å²) < 4.78 is 40.2. The lowest BCUT2D eigenvalue weighted by Crippen LogP contribution is -2.32. The highest BCUT2D eigenvalue weighted by molar-refractivity contribution is 6.36. The molecule has 0 saturated heterocycles. The fourth-order valence-corrected chi connectivity index (χ4v) is 3.09. The first-order chi connectivity index (χ1) is 14.4. The SMILES string of the molecule is O=C1C(Nc2ccc(F)c(F)c2)=C(c2ccc(F)cc2)C(=O)N1Cc1ccccn1. The van der Waals surface area contributed by atoms with E-state index in [1.54, 1.807) is 18.2 Å². The molecular weight excluding hydrogens is 395 g/mol. The Labute approximate surface area is 169 Å². The molecule has 30 heavy (non-hydrogen) atoms. The third-order valence-electron chi connectivity index (χ3n) is 4.54. The molecule has 0 saturated carbocycles. The van der Waals surface area contributed by atoms with Crippen molar-refractivity contribution >= 4 is 23.1 Å². The van der Waals surface area contributed by atoms with Crippen molar-refractivity contribution in [1.82, 2.24) is 9.88 Å². The van der Waals surface area contributed by atoms with Gasteiger partial charge in [0.05, 0.1) is 17.8 Å². The van der Waals surface area contributed by atoms with Crippen molar-refractivity contribution in [3.63, 3.8) is 0 Å². The predicted molar refractivity (Wildman–Crippen MR) is 103 cm³/mol. The van der Waals surface area contributed by atoms with Gasteiger partial charge in [0.15, 0.2) is 11.6 Å². The minimum Gasteiger partial charge on any atom is -0.350 e. The van der Waals surface area contributed by atoms with Gasteiger partial charge < -0.3 is 5.32 Å². The summed E-state index contributed by atoms with van der Waals surface area (Å²) in [5.41, 5.74) is 0.772. The van der Waals surface area contributed by atoms with Gasteiger partial charge >= 0.3 is 0 Å². The quantitative estimate of drug-likeness (QED) is 0.650. The van der Waals surface area contributed by atoms with Gasteiger partial charge in [-0.05, 0) is 42.0 Å². The molecule has 0 spiro atoms. The van der Waals surface area contributed by atoms with E-state index in [1.165, 1.54) is 24.4 Å². The van der Waals surface area contributed by atoms with Gasteiger partial charge in [0.2, 0.25) is 0 Å². The maximum absolute atomic E-state index is 13.6. The predicted octanol–water partition coefficient (Wildman–Crippen LogP) is 3.89. The van der Waals surface area contributed by atoms with E-state index in [9.17, 15) is 22.8 Å². The number of amides is 2. The first kappa shape index (κ1) is 19.4. The number of aromatic nitrogens is 1. The maximum Gasteiger partial charge on any atom is 0.278 e. The number of hydrogen-bond acceptors (Lipinski definition) is 4. The van der Waals surface area contributed by atoms with Crippen LogP contribution in [0.3, 0.4) is 0 Å². The summed E-state index contributed by atoms with van der Waals surface area (Å²) in [6, 6.07) is 13.2. The van der Waals surface area contributed by atoms with Crippen LogP contribution in [0, 0.1) is 17.5 Å². The van der Waals surface area contributed by atoms with Crippen LogP contribution in [0.4, 0.5) is 18.9 Å². The summed E-state index contributed by atoms with van der Waals surface area (Å²) in [5, 5.41) is 2.71. The van der Waals surface area contributed by atoms with Crippen LogP contribution in [0.5, 0.6) is 0 Å². The van der Waals surface area contributed by atoms with Crippen molar-refractivity contribution in [3.8, 4) is 0 Å². The van der Waals surface area contributed by atoms with E-state index in [0.717, 1.165) is 29.2 Å². The van der Waals surface area contributed by atoms with Crippen molar-refractivity contribution < 1.29 is 22.8 Å². The lowest BCUT2D eigenvalue weighted by molar-refractivity contribution is -0.137. The normalized spacial score (nSPS) is 13.9. The van der Waals surface area contributed by atoms with E-state index >= 15 is 0 Å². The molecule has 0 radical (unpaired) electrons. The van der Waals surface area contributed by atoms with Gasteiger partial charge in [0.1, 0.15) is 11.5 Å². The van der Waals surface area contributed by atoms with Crippen LogP contribution in [-0.4, -0.2) is 21.7 Å². The monoisotopic (exact) mass is 409 g/mol. The Morgan fingerprint density at radius 3 is 2.30 bits per heavy atom. The molecule has 1 N–H and O–H groups in total. The number of nitrogens with one attached hydrogen (secondary N) is 1. The highest BCUT2D eigenvalue weighted by atomic mass is 19.2. The first-order valence-corrected chi connectivity index (χ1v) is 8.92. The topological polar surface area (TPSA) is 62.3 Å². The average Bonchev–Trinajstić information content (AvgIpc) is 2.96. The molecule has 0 unspecified atom stereocenters. The van der Waals surface area contributed by atoms with Gasteiger partial charge in [-0.3, -0.25) is 19.5 Å². The molecule has 1 aromatic heterocycles. The Balaban J connectivity index is 1.75. The number of benzene rings is 2. The van der Waals surface area contributed by atoms with Crippen molar-refractivity contribution in [2.75, 3.05) is 5.32 Å². The van der Waals surface area contributed by atoms with Crippen LogP contribution in [0.1, 0.15) is 11.3 Å². The minimum atomic E-state index is -1.11. The van der Waals surface area contributed by atoms with Crippen LogP contribution < -0.4 is 5.32 Å². The molecular formula is C22H14F3N3O2. The van der Waals surface area contributed by atoms with E-state index in [1.807, 2.05) is 0 Å². The highest BCUT2D eigenvalue weighted by Gasteiger charge is 2.39. The molecule has 0 aliphatic carbocycles. The maximum atomic E-state index is 13.6. The van der Waals surface area contributed by atoms with Gasteiger partial charge in [-0.1, -0.05) is 18.2 Å². The Morgan fingerprint density at radius 2 is 1.63 bits per heavy atom. The largest absolute Gasteiger partial charge is 0.350 e. The smallest absolute Gasteiger partial charge is 0.278 e. The summed E-state index contributed by atoms with van der Waals surface area (Å²) in [6.45, 7) is -0.0772. The van der Waals surface area contributed by atoms with Crippen LogP contribution in [0.15, 0.2) is 72.6 Å². The second-order valence-corrected chi connectivity index (χ2v) is 6.53. The van der Waals surface area contributed by atoms with Gasteiger partial charge in [-0.25, -0.2) is 13.2 Å². The molecule has 0 bridgehead atoms. The van der Waals surface area contributed by atoms with Crippen molar-refractivity contribution in [2.24, 2.45) is 0 Å². The standard InChI is InChI=1S/C22H14F3N3O2/c23-14-6-4-13(5-7-14)19-20(27-15-8-9-17(24)18(25)11-15)22(30)28(21(19)29)12-16-3-1-2-10-26-16/h1-11,27H,12H2. The first-order valence-electron chi connectivity index (χ1n) is 8.92. The summed E-state index contributed by atoms with van der Waals surface area (Å²) in [6.07, 6.45) is 1.54. The second kappa shape index (κ2) is 7.82. The van der Waals surface area contributed by atoms with E-state index < -0.39 is 29.3 Å². The van der Waals surface area contributed by atoms with Crippen LogP contribution in [0.2, 0.25) is 0 Å². The molecule has 1 aliphatic heterocycles. The third-order valence-corrected chi connectivity index (χ3v) is 4.54. The van der Waals surface area contributed by atoms with Crippen LogP contribution in [-0.2, 0) is 16.1 Å². The summed E-state index contributed by atoms with van der Waals surface area (Å²) in [4.78, 5) is 31.2. The number of carbonyl (C=O) groups is 2. The molecule has 1 aliphatic rings. The molecule has 3 aromatic rings. The van der Waals surface area contributed by atoms with Crippen molar-refractivity contribution in [1.29, 1.82) is 0 Å². The number of anilines is 1. The summed E-state index contributed by atoms with van der Waals surface area (Å²) >= 11 is 0. The Bertz CT molecular complexity index is 1160. The molecule has 2 aromatic carbocycles. The van der Waals surface area contributed by atoms with Gasteiger partial charge in [0, 0.05) is 18.0 Å². The molecule has 0 fully saturated rings. The highest BCUT2D eigenvalue weighted by Crippen LogP contribution is 2.31. The molecule has 4 rings (SSSR count). The van der Waals surface area contributed by atoms with E-state index in [0.29, 0.717) is 11.3 Å². The zero-order chi connectivity index (χ0) is 21.3. The third kappa shape index (κ3) is 3.67. The van der Waals surface area contributed by atoms with E-state index in [2.05, 4.69) is 10.3 Å². The number of carbonyl (C=O) groups excluding carboxylic acids is 2. The summed E-state index contributed by atoms with van der Waals surface area (Å²) in [5.74, 6) is -3.92. The molecule has 0 atom stereocenters. The van der Waals surface area contributed by atoms with Gasteiger partial charge in [0.25, 0.3) is 11.8 Å². The molecule has 150 valence electrons. The number of pyridine rings is 1. The number of halogens is 3. The number of hydrogen-bond donors (Lipinski definition) is 1. The minimum absolute atomic E-state index is 0.000615. The number of rotatable bonds is 5. The Hall–Kier alpha value is -3.94. The van der Waals surface area contributed by atoms with Gasteiger partial charge in [-0.15, -0.1) is 0 Å². The zero-order valence-corrected chi connectivity index (χ0v) is 15.4. The number of imide groups is 1. The Kier molecular flexibility index (Phi) is 5.05. The zero-order valence-electron chi connectivity index (χ0n) is 15.4. The fraction of sp³-hybridized carbons (Fsp3) is 0.0455. The molecule has 5 nitrogen and oxygen atoms in total. The van der Waals surface area contributed by atoms with Gasteiger partial charge in [-0.2, -0.15) is 0 Å². The van der Waals surface area contributed by atoms with Crippen molar-refractivity contribution in [3.05, 3.63) is 101 Å². The summed E-state index contributed by atoms with van der Waals surface area (Å²) in [7, 11) is 0. The van der Waals surface area contributed by atoms with E-state index in [4.69, 9.17) is 0 Å².